The Morgan fingerprint density at radius 3 is 2.32 bits per heavy atom. The Balaban J connectivity index is 1.98. The molecule has 0 aliphatic carbocycles. The van der Waals surface area contributed by atoms with E-state index in [0.29, 0.717) is 17.5 Å². The molecule has 2 rings (SSSR count). The first-order chi connectivity index (χ1) is 11.8. The zero-order chi connectivity index (χ0) is 18.4. The molecule has 0 atom stereocenters. The number of likely N-dealkylation sites (N-methyl/N-ethyl adjacent to an activating group) is 1. The molecule has 132 valence electrons. The van der Waals surface area contributed by atoms with Gasteiger partial charge in [0.2, 0.25) is 11.8 Å². The summed E-state index contributed by atoms with van der Waals surface area (Å²) in [5.74, 6) is -0.482. The average Bonchev–Trinajstić information content (AvgIpc) is 2.59. The molecular weight excluding hydrogens is 339 g/mol. The number of ether oxygens (including phenoxy) is 1. The van der Waals surface area contributed by atoms with Gasteiger partial charge in [-0.05, 0) is 30.3 Å². The number of halogens is 3. The first kappa shape index (κ1) is 18.2. The predicted octanol–water partition coefficient (Wildman–Crippen LogP) is 2.37. The van der Waals surface area contributed by atoms with Crippen molar-refractivity contribution in [3.63, 3.8) is 0 Å². The van der Waals surface area contributed by atoms with E-state index >= 15 is 0 Å². The van der Waals surface area contributed by atoms with Crippen LogP contribution in [0.3, 0.4) is 0 Å². The summed E-state index contributed by atoms with van der Waals surface area (Å²) in [6.07, 6.45) is -3.79. The van der Waals surface area contributed by atoms with Gasteiger partial charge >= 0.3 is 6.18 Å². The molecule has 2 amide bonds. The highest BCUT2D eigenvalue weighted by Gasteiger charge is 2.30. The zero-order valence-corrected chi connectivity index (χ0v) is 13.1. The van der Waals surface area contributed by atoms with Crippen molar-refractivity contribution < 1.29 is 27.5 Å². The molecule has 2 N–H and O–H groups in total. The van der Waals surface area contributed by atoms with E-state index in [1.807, 2.05) is 0 Å². The molecule has 0 unspecified atom stereocenters. The van der Waals surface area contributed by atoms with Crippen LogP contribution in [0.1, 0.15) is 15.9 Å². The fraction of sp³-hybridized carbons (Fsp3) is 0.188. The standard InChI is InChI=1S/C16H14F3N3O3/c1-20-13(23)9-22-15(24)10-2-5-12(6-3-10)25-14-7-4-11(8-21-14)16(17,18)19/h2-8H,9H2,1H3,(H,20,23)(H,22,24). The monoisotopic (exact) mass is 353 g/mol. The number of benzene rings is 1. The van der Waals surface area contributed by atoms with Crippen molar-refractivity contribution in [2.75, 3.05) is 13.6 Å². The minimum absolute atomic E-state index is 0.00943. The van der Waals surface area contributed by atoms with Gasteiger partial charge in [0.05, 0.1) is 12.1 Å². The van der Waals surface area contributed by atoms with Crippen LogP contribution in [0.2, 0.25) is 0 Å². The van der Waals surface area contributed by atoms with Crippen LogP contribution in [-0.4, -0.2) is 30.4 Å². The lowest BCUT2D eigenvalue weighted by Gasteiger charge is -2.08. The fourth-order valence-electron chi connectivity index (χ4n) is 1.75. The summed E-state index contributed by atoms with van der Waals surface area (Å²) in [5, 5.41) is 4.80. The summed E-state index contributed by atoms with van der Waals surface area (Å²) in [5.41, 5.74) is -0.570. The number of alkyl halides is 3. The highest BCUT2D eigenvalue weighted by Crippen LogP contribution is 2.30. The maximum absolute atomic E-state index is 12.5. The van der Waals surface area contributed by atoms with Gasteiger partial charge in [-0.3, -0.25) is 9.59 Å². The second-order valence-electron chi connectivity index (χ2n) is 4.87. The molecule has 0 bridgehead atoms. The minimum atomic E-state index is -4.46. The Morgan fingerprint density at radius 2 is 1.80 bits per heavy atom. The van der Waals surface area contributed by atoms with Crippen molar-refractivity contribution in [3.05, 3.63) is 53.7 Å². The van der Waals surface area contributed by atoms with Crippen LogP contribution in [0.25, 0.3) is 0 Å². The Hall–Kier alpha value is -3.10. The van der Waals surface area contributed by atoms with E-state index < -0.39 is 17.6 Å². The van der Waals surface area contributed by atoms with Gasteiger partial charge in [0.1, 0.15) is 5.75 Å². The van der Waals surface area contributed by atoms with Gasteiger partial charge in [0.25, 0.3) is 5.91 Å². The van der Waals surface area contributed by atoms with Gasteiger partial charge in [-0.25, -0.2) is 4.98 Å². The Morgan fingerprint density at radius 1 is 1.12 bits per heavy atom. The van der Waals surface area contributed by atoms with Crippen molar-refractivity contribution in [3.8, 4) is 11.6 Å². The average molecular weight is 353 g/mol. The number of hydrogen-bond acceptors (Lipinski definition) is 4. The summed E-state index contributed by atoms with van der Waals surface area (Å²) in [6.45, 7) is -0.150. The van der Waals surface area contributed by atoms with Crippen LogP contribution >= 0.6 is 0 Å². The lowest BCUT2D eigenvalue weighted by molar-refractivity contribution is -0.137. The number of nitrogens with zero attached hydrogens (tertiary/aromatic N) is 1. The highest BCUT2D eigenvalue weighted by atomic mass is 19.4. The van der Waals surface area contributed by atoms with E-state index in [0.717, 1.165) is 12.1 Å². The topological polar surface area (TPSA) is 80.3 Å². The lowest BCUT2D eigenvalue weighted by atomic mass is 10.2. The summed E-state index contributed by atoms with van der Waals surface area (Å²) in [6, 6.07) is 7.81. The number of carbonyl (C=O) groups excluding carboxylic acids is 2. The second-order valence-corrected chi connectivity index (χ2v) is 4.87. The molecule has 0 saturated carbocycles. The maximum atomic E-state index is 12.5. The van der Waals surface area contributed by atoms with E-state index in [4.69, 9.17) is 4.74 Å². The van der Waals surface area contributed by atoms with Gasteiger partial charge in [-0.1, -0.05) is 0 Å². The van der Waals surface area contributed by atoms with Crippen LogP contribution < -0.4 is 15.4 Å². The third kappa shape index (κ3) is 5.20. The summed E-state index contributed by atoms with van der Waals surface area (Å²) < 4.78 is 42.7. The molecule has 6 nitrogen and oxygen atoms in total. The number of amides is 2. The number of rotatable bonds is 5. The summed E-state index contributed by atoms with van der Waals surface area (Å²) >= 11 is 0. The van der Waals surface area contributed by atoms with Gasteiger partial charge in [-0.2, -0.15) is 13.2 Å². The first-order valence-electron chi connectivity index (χ1n) is 7.09. The zero-order valence-electron chi connectivity index (χ0n) is 13.1. The second kappa shape index (κ2) is 7.65. The number of hydrogen-bond donors (Lipinski definition) is 2. The molecule has 2 aromatic rings. The Kier molecular flexibility index (Phi) is 5.58. The number of aromatic nitrogens is 1. The molecule has 1 aromatic heterocycles. The van der Waals surface area contributed by atoms with E-state index in [-0.39, 0.29) is 18.3 Å². The smallest absolute Gasteiger partial charge is 0.417 e. The summed E-state index contributed by atoms with van der Waals surface area (Å²) in [7, 11) is 1.45. The molecule has 1 heterocycles. The molecule has 9 heteroatoms. The number of pyridine rings is 1. The van der Waals surface area contributed by atoms with Crippen molar-refractivity contribution in [2.45, 2.75) is 6.18 Å². The quantitative estimate of drug-likeness (QED) is 0.865. The fourth-order valence-corrected chi connectivity index (χ4v) is 1.75. The molecule has 0 radical (unpaired) electrons. The van der Waals surface area contributed by atoms with Crippen LogP contribution in [-0.2, 0) is 11.0 Å². The van der Waals surface area contributed by atoms with Gasteiger partial charge < -0.3 is 15.4 Å². The lowest BCUT2D eigenvalue weighted by Crippen LogP contribution is -2.35. The SMILES string of the molecule is CNC(=O)CNC(=O)c1ccc(Oc2ccc(C(F)(F)F)cn2)cc1. The van der Waals surface area contributed by atoms with E-state index in [9.17, 15) is 22.8 Å². The van der Waals surface area contributed by atoms with Crippen LogP contribution in [0.4, 0.5) is 13.2 Å². The van der Waals surface area contributed by atoms with Crippen LogP contribution in [0.15, 0.2) is 42.6 Å². The molecule has 0 aliphatic rings. The predicted molar refractivity (Wildman–Crippen MR) is 82.2 cm³/mol. The first-order valence-corrected chi connectivity index (χ1v) is 7.09. The minimum Gasteiger partial charge on any atom is -0.439 e. The van der Waals surface area contributed by atoms with E-state index in [1.54, 1.807) is 0 Å². The van der Waals surface area contributed by atoms with Crippen molar-refractivity contribution >= 4 is 11.8 Å². The van der Waals surface area contributed by atoms with Crippen LogP contribution in [0.5, 0.6) is 11.6 Å². The largest absolute Gasteiger partial charge is 0.439 e. The number of carbonyl (C=O) groups is 2. The van der Waals surface area contributed by atoms with Gasteiger partial charge in [0.15, 0.2) is 0 Å². The molecule has 1 aromatic carbocycles. The van der Waals surface area contributed by atoms with Crippen molar-refractivity contribution in [1.29, 1.82) is 0 Å². The number of nitrogens with one attached hydrogen (secondary N) is 2. The third-order valence-electron chi connectivity index (χ3n) is 3.09. The third-order valence-corrected chi connectivity index (χ3v) is 3.09. The molecule has 0 spiro atoms. The molecule has 25 heavy (non-hydrogen) atoms. The van der Waals surface area contributed by atoms with Crippen molar-refractivity contribution in [1.82, 2.24) is 15.6 Å². The highest BCUT2D eigenvalue weighted by molar-refractivity contribution is 5.96. The normalized spacial score (nSPS) is 10.9. The maximum Gasteiger partial charge on any atom is 0.417 e. The molecular formula is C16H14F3N3O3. The van der Waals surface area contributed by atoms with E-state index in [1.165, 1.54) is 31.3 Å². The van der Waals surface area contributed by atoms with Crippen molar-refractivity contribution in [2.24, 2.45) is 0 Å². The molecule has 0 saturated heterocycles. The van der Waals surface area contributed by atoms with Gasteiger partial charge in [0, 0.05) is 24.9 Å². The van der Waals surface area contributed by atoms with Gasteiger partial charge in [-0.15, -0.1) is 0 Å². The molecule has 0 aliphatic heterocycles. The van der Waals surface area contributed by atoms with Crippen LogP contribution in [0, 0.1) is 0 Å². The summed E-state index contributed by atoms with van der Waals surface area (Å²) in [4.78, 5) is 26.5. The Bertz CT molecular complexity index is 744. The molecule has 0 fully saturated rings. The van der Waals surface area contributed by atoms with E-state index in [2.05, 4.69) is 15.6 Å². The Labute approximate surface area is 141 Å².